The van der Waals surface area contributed by atoms with Crippen LogP contribution in [0.2, 0.25) is 0 Å². The molecule has 0 fully saturated rings. The monoisotopic (exact) mass is 507 g/mol. The summed E-state index contributed by atoms with van der Waals surface area (Å²) in [5, 5.41) is 4.96. The molecule has 2 nitrogen and oxygen atoms in total. The standard InChI is InChI=1S/C31H31GeNO/c1-2-3-8-25-31(33-34-26-27-17-9-4-10-18-27)32(28-19-11-5-12-20-28,29-21-13-6-14-22-29)30-23-15-7-16-24-30/h2,4-7,9-24H,1,3,8,25-26H2/b33-31-. The molecule has 0 radical (unpaired) electrons. The topological polar surface area (TPSA) is 21.6 Å². The zero-order valence-corrected chi connectivity index (χ0v) is 21.6. The number of unbranched alkanes of at least 4 members (excludes halogenated alkanes) is 1. The zero-order chi connectivity index (χ0) is 23.5. The van der Waals surface area contributed by atoms with Gasteiger partial charge in [0.1, 0.15) is 0 Å². The molecule has 3 heteroatoms. The SMILES string of the molecule is C=CCCC/[C](=N/OCc1ccccc1)[Ge]([c]1ccccc1)([c]1ccccc1)[c]1ccccc1. The molecule has 0 atom stereocenters. The van der Waals surface area contributed by atoms with E-state index in [0.717, 1.165) is 24.8 Å². The van der Waals surface area contributed by atoms with Crippen molar-refractivity contribution < 1.29 is 4.84 Å². The van der Waals surface area contributed by atoms with Crippen LogP contribution in [0, 0.1) is 0 Å². The number of hydrogen-bond donors (Lipinski definition) is 0. The van der Waals surface area contributed by atoms with Gasteiger partial charge in [0.25, 0.3) is 0 Å². The van der Waals surface area contributed by atoms with E-state index in [1.165, 1.54) is 17.7 Å². The fraction of sp³-hybridized carbons (Fsp3) is 0.129. The Kier molecular flexibility index (Phi) is 8.53. The molecule has 0 N–H and O–H groups in total. The summed E-state index contributed by atoms with van der Waals surface area (Å²) in [5.41, 5.74) is 1.12. The van der Waals surface area contributed by atoms with Gasteiger partial charge in [0.2, 0.25) is 0 Å². The minimum atomic E-state index is -3.38. The van der Waals surface area contributed by atoms with Gasteiger partial charge in [-0.1, -0.05) is 0 Å². The van der Waals surface area contributed by atoms with Gasteiger partial charge < -0.3 is 0 Å². The molecule has 0 aliphatic heterocycles. The number of hydrogen-bond acceptors (Lipinski definition) is 2. The summed E-state index contributed by atoms with van der Waals surface area (Å²) < 4.78 is 5.27. The van der Waals surface area contributed by atoms with Crippen LogP contribution in [0.5, 0.6) is 0 Å². The Hall–Kier alpha value is -3.37. The number of allylic oxidation sites excluding steroid dienone is 1. The van der Waals surface area contributed by atoms with E-state index in [1.807, 2.05) is 24.3 Å². The van der Waals surface area contributed by atoms with Gasteiger partial charge in [0.15, 0.2) is 0 Å². The molecule has 0 amide bonds. The third kappa shape index (κ3) is 5.40. The molecule has 0 saturated carbocycles. The zero-order valence-electron chi connectivity index (χ0n) is 19.5. The minimum absolute atomic E-state index is 0.461. The van der Waals surface area contributed by atoms with Gasteiger partial charge in [0, 0.05) is 0 Å². The molecule has 0 aromatic heterocycles. The van der Waals surface area contributed by atoms with Crippen LogP contribution < -0.4 is 13.2 Å². The van der Waals surface area contributed by atoms with E-state index in [-0.39, 0.29) is 0 Å². The Labute approximate surface area is 206 Å². The van der Waals surface area contributed by atoms with Gasteiger partial charge >= 0.3 is 206 Å². The number of rotatable bonds is 11. The number of oxime groups is 1. The Morgan fingerprint density at radius 1 is 0.676 bits per heavy atom. The first-order chi connectivity index (χ1) is 16.9. The first-order valence-electron chi connectivity index (χ1n) is 11.9. The van der Waals surface area contributed by atoms with Crippen molar-refractivity contribution in [3.05, 3.63) is 140 Å². The normalized spacial score (nSPS) is 11.7. The second-order valence-corrected chi connectivity index (χ2v) is 16.3. The molecule has 4 aromatic carbocycles. The summed E-state index contributed by atoms with van der Waals surface area (Å²) in [6.45, 7) is 4.40. The maximum absolute atomic E-state index is 6.09. The molecule has 4 rings (SSSR count). The van der Waals surface area contributed by atoms with E-state index < -0.39 is 13.3 Å². The van der Waals surface area contributed by atoms with Crippen LogP contribution in [0.15, 0.2) is 139 Å². The van der Waals surface area contributed by atoms with Gasteiger partial charge in [-0.05, 0) is 0 Å². The summed E-state index contributed by atoms with van der Waals surface area (Å²) in [4.78, 5) is 6.09. The Balaban J connectivity index is 1.90. The molecule has 0 unspecified atom stereocenters. The third-order valence-electron chi connectivity index (χ3n) is 6.12. The van der Waals surface area contributed by atoms with Crippen molar-refractivity contribution in [3.8, 4) is 0 Å². The fourth-order valence-corrected chi connectivity index (χ4v) is 14.7. The molecule has 0 spiro atoms. The first kappa shape index (κ1) is 23.8. The van der Waals surface area contributed by atoms with Crippen molar-refractivity contribution in [1.82, 2.24) is 0 Å². The van der Waals surface area contributed by atoms with Crippen molar-refractivity contribution in [2.75, 3.05) is 0 Å². The van der Waals surface area contributed by atoms with Crippen molar-refractivity contribution >= 4 is 31.0 Å². The molecule has 0 saturated heterocycles. The molecule has 0 bridgehead atoms. The van der Waals surface area contributed by atoms with Crippen molar-refractivity contribution in [2.24, 2.45) is 5.16 Å². The van der Waals surface area contributed by atoms with E-state index in [2.05, 4.69) is 110 Å². The Morgan fingerprint density at radius 3 is 1.56 bits per heavy atom. The van der Waals surface area contributed by atoms with E-state index >= 15 is 0 Å². The van der Waals surface area contributed by atoms with Gasteiger partial charge in [-0.15, -0.1) is 0 Å². The third-order valence-corrected chi connectivity index (χ3v) is 16.2. The molecule has 4 aromatic rings. The van der Waals surface area contributed by atoms with Crippen LogP contribution in [0.1, 0.15) is 24.8 Å². The fourth-order valence-electron chi connectivity index (χ4n) is 4.54. The van der Waals surface area contributed by atoms with Crippen LogP contribution in [0.4, 0.5) is 0 Å². The Morgan fingerprint density at radius 2 is 1.12 bits per heavy atom. The molecule has 170 valence electrons. The number of nitrogens with zero attached hydrogens (tertiary/aromatic N) is 1. The molecule has 34 heavy (non-hydrogen) atoms. The van der Waals surface area contributed by atoms with E-state index in [0.29, 0.717) is 6.61 Å². The van der Waals surface area contributed by atoms with Crippen LogP contribution >= 0.6 is 0 Å². The summed E-state index contributed by atoms with van der Waals surface area (Å²) in [6.07, 6.45) is 4.81. The van der Waals surface area contributed by atoms with Crippen molar-refractivity contribution in [1.29, 1.82) is 0 Å². The van der Waals surface area contributed by atoms with Crippen LogP contribution in [0.3, 0.4) is 0 Å². The predicted octanol–water partition coefficient (Wildman–Crippen LogP) is 5.63. The summed E-state index contributed by atoms with van der Waals surface area (Å²) in [5.74, 6) is 0. The summed E-state index contributed by atoms with van der Waals surface area (Å²) in [7, 11) is 0. The van der Waals surface area contributed by atoms with Crippen molar-refractivity contribution in [2.45, 2.75) is 25.9 Å². The predicted molar refractivity (Wildman–Crippen MR) is 147 cm³/mol. The maximum atomic E-state index is 6.09. The van der Waals surface area contributed by atoms with E-state index in [4.69, 9.17) is 9.99 Å². The quantitative estimate of drug-likeness (QED) is 0.0851. The van der Waals surface area contributed by atoms with Gasteiger partial charge in [-0.2, -0.15) is 0 Å². The van der Waals surface area contributed by atoms with Crippen LogP contribution in [-0.2, 0) is 11.4 Å². The van der Waals surface area contributed by atoms with Gasteiger partial charge in [-0.25, -0.2) is 0 Å². The average Bonchev–Trinajstić information content (AvgIpc) is 2.91. The molecule has 0 heterocycles. The second kappa shape index (κ2) is 12.2. The van der Waals surface area contributed by atoms with Gasteiger partial charge in [-0.3, -0.25) is 0 Å². The number of benzene rings is 4. The molecular weight excluding hydrogens is 475 g/mol. The molecular formula is C31H31GeNO. The average molecular weight is 506 g/mol. The second-order valence-electron chi connectivity index (χ2n) is 8.33. The first-order valence-corrected chi connectivity index (χ1v) is 16.1. The Bertz CT molecular complexity index is 1080. The van der Waals surface area contributed by atoms with Gasteiger partial charge in [0.05, 0.1) is 0 Å². The van der Waals surface area contributed by atoms with Crippen molar-refractivity contribution in [3.63, 3.8) is 0 Å². The summed E-state index contributed by atoms with van der Waals surface area (Å²) >= 11 is -3.38. The van der Waals surface area contributed by atoms with E-state index in [9.17, 15) is 0 Å². The molecule has 0 aliphatic rings. The summed E-state index contributed by atoms with van der Waals surface area (Å²) in [6, 6.07) is 43.1. The van der Waals surface area contributed by atoms with Crippen LogP contribution in [0.25, 0.3) is 0 Å². The van der Waals surface area contributed by atoms with E-state index in [1.54, 1.807) is 0 Å². The van der Waals surface area contributed by atoms with Crippen LogP contribution in [-0.4, -0.2) is 17.8 Å². The molecule has 0 aliphatic carbocycles.